The van der Waals surface area contributed by atoms with E-state index in [0.29, 0.717) is 30.2 Å². The highest BCUT2D eigenvalue weighted by atomic mass is 19.3. The highest BCUT2D eigenvalue weighted by Gasteiger charge is 2.41. The second-order valence-corrected chi connectivity index (χ2v) is 8.27. The Kier molecular flexibility index (Phi) is 6.36. The molecule has 1 unspecified atom stereocenters. The quantitative estimate of drug-likeness (QED) is 0.212. The predicted molar refractivity (Wildman–Crippen MR) is 115 cm³/mol. The molecule has 0 aliphatic heterocycles. The molecule has 0 aromatic heterocycles. The van der Waals surface area contributed by atoms with Crippen LogP contribution in [0.2, 0.25) is 0 Å². The molecular formula is C26H18F6O3. The summed E-state index contributed by atoms with van der Waals surface area (Å²) in [5.74, 6) is -8.24. The van der Waals surface area contributed by atoms with E-state index in [9.17, 15) is 31.1 Å². The molecule has 4 rings (SSSR count). The molecule has 9 heteroatoms. The number of benzene rings is 3. The number of carbonyl (C=O) groups is 1. The fourth-order valence-electron chi connectivity index (χ4n) is 4.03. The number of rotatable bonds is 6. The van der Waals surface area contributed by atoms with E-state index < -0.39 is 58.0 Å². The maximum absolute atomic E-state index is 14.6. The summed E-state index contributed by atoms with van der Waals surface area (Å²) in [6.45, 7) is 5.25. The summed E-state index contributed by atoms with van der Waals surface area (Å²) in [6.07, 6.45) is -2.18. The fraction of sp³-hybridized carbons (Fsp3) is 0.192. The topological polar surface area (TPSA) is 35.5 Å². The van der Waals surface area contributed by atoms with Crippen LogP contribution < -0.4 is 9.47 Å². The molecule has 1 aliphatic carbocycles. The van der Waals surface area contributed by atoms with E-state index in [0.717, 1.165) is 30.0 Å². The SMILES string of the molecule is C=Cc1c(F)cc(OC(F)(F)c2c(F)cc(OC(=O)c3ccc4c(c3)CC(C)C4)cc2F)cc1F. The summed E-state index contributed by atoms with van der Waals surface area (Å²) in [7, 11) is 0. The monoisotopic (exact) mass is 492 g/mol. The molecule has 3 aromatic carbocycles. The van der Waals surface area contributed by atoms with Crippen LogP contribution in [0, 0.1) is 29.2 Å². The Morgan fingerprint density at radius 3 is 2.09 bits per heavy atom. The Morgan fingerprint density at radius 2 is 1.49 bits per heavy atom. The third-order valence-corrected chi connectivity index (χ3v) is 5.60. The van der Waals surface area contributed by atoms with Crippen LogP contribution in [0.3, 0.4) is 0 Å². The molecule has 0 saturated heterocycles. The van der Waals surface area contributed by atoms with Crippen molar-refractivity contribution in [3.63, 3.8) is 0 Å². The summed E-state index contributed by atoms with van der Waals surface area (Å²) in [4.78, 5) is 12.4. The number of halogens is 6. The number of hydrogen-bond acceptors (Lipinski definition) is 3. The summed E-state index contributed by atoms with van der Waals surface area (Å²) in [5, 5.41) is 0. The van der Waals surface area contributed by atoms with Crippen LogP contribution in [0.5, 0.6) is 11.5 Å². The molecule has 0 fully saturated rings. The smallest absolute Gasteiger partial charge is 0.429 e. The van der Waals surface area contributed by atoms with Crippen LogP contribution >= 0.6 is 0 Å². The lowest BCUT2D eigenvalue weighted by Gasteiger charge is -2.20. The minimum Gasteiger partial charge on any atom is -0.429 e. The molecule has 0 spiro atoms. The first-order chi connectivity index (χ1) is 16.5. The van der Waals surface area contributed by atoms with Crippen LogP contribution in [-0.2, 0) is 19.0 Å². The van der Waals surface area contributed by atoms with Gasteiger partial charge in [0.2, 0.25) is 0 Å². The Labute approximate surface area is 196 Å². The number of esters is 1. The van der Waals surface area contributed by atoms with Crippen molar-refractivity contribution in [3.05, 3.63) is 100 Å². The first-order valence-corrected chi connectivity index (χ1v) is 10.5. The normalized spacial score (nSPS) is 15.0. The van der Waals surface area contributed by atoms with Crippen molar-refractivity contribution < 1.29 is 40.6 Å². The van der Waals surface area contributed by atoms with E-state index in [1.165, 1.54) is 6.07 Å². The molecule has 0 N–H and O–H groups in total. The second-order valence-electron chi connectivity index (χ2n) is 8.27. The average Bonchev–Trinajstić information content (AvgIpc) is 3.11. The van der Waals surface area contributed by atoms with E-state index in [4.69, 9.17) is 4.74 Å². The Morgan fingerprint density at radius 1 is 0.914 bits per heavy atom. The van der Waals surface area contributed by atoms with Gasteiger partial charge in [-0.2, -0.15) is 8.78 Å². The van der Waals surface area contributed by atoms with Crippen molar-refractivity contribution >= 4 is 12.0 Å². The lowest BCUT2D eigenvalue weighted by atomic mass is 10.1. The Hall–Kier alpha value is -3.75. The minimum absolute atomic E-state index is 0.142. The van der Waals surface area contributed by atoms with Crippen LogP contribution in [-0.4, -0.2) is 5.97 Å². The fourth-order valence-corrected chi connectivity index (χ4v) is 4.03. The van der Waals surface area contributed by atoms with E-state index in [2.05, 4.69) is 18.2 Å². The third kappa shape index (κ3) is 4.89. The zero-order chi connectivity index (χ0) is 25.5. The zero-order valence-corrected chi connectivity index (χ0v) is 18.3. The molecule has 3 nitrogen and oxygen atoms in total. The Bertz CT molecular complexity index is 1290. The van der Waals surface area contributed by atoms with Crippen molar-refractivity contribution in [2.24, 2.45) is 5.92 Å². The Balaban J connectivity index is 1.56. The van der Waals surface area contributed by atoms with Gasteiger partial charge in [0.25, 0.3) is 0 Å². The molecule has 0 amide bonds. The average molecular weight is 492 g/mol. The van der Waals surface area contributed by atoms with Crippen LogP contribution in [0.4, 0.5) is 26.3 Å². The largest absolute Gasteiger partial charge is 0.432 e. The van der Waals surface area contributed by atoms with E-state index in [1.54, 1.807) is 12.1 Å². The van der Waals surface area contributed by atoms with Gasteiger partial charge in [-0.3, -0.25) is 0 Å². The maximum Gasteiger partial charge on any atom is 0.432 e. The molecule has 1 atom stereocenters. The van der Waals surface area contributed by atoms with Gasteiger partial charge in [-0.1, -0.05) is 25.6 Å². The van der Waals surface area contributed by atoms with Gasteiger partial charge in [0.05, 0.1) is 5.56 Å². The van der Waals surface area contributed by atoms with Crippen molar-refractivity contribution in [2.45, 2.75) is 25.9 Å². The number of ether oxygens (including phenoxy) is 2. The van der Waals surface area contributed by atoms with E-state index in [-0.39, 0.29) is 5.56 Å². The van der Waals surface area contributed by atoms with Gasteiger partial charge in [0.15, 0.2) is 0 Å². The van der Waals surface area contributed by atoms with E-state index >= 15 is 0 Å². The van der Waals surface area contributed by atoms with E-state index in [1.807, 2.05) is 0 Å². The maximum atomic E-state index is 14.6. The predicted octanol–water partition coefficient (Wildman–Crippen LogP) is 6.97. The lowest BCUT2D eigenvalue weighted by molar-refractivity contribution is -0.189. The van der Waals surface area contributed by atoms with Crippen LogP contribution in [0.1, 0.15) is 39.5 Å². The number of carbonyl (C=O) groups excluding carboxylic acids is 1. The highest BCUT2D eigenvalue weighted by molar-refractivity contribution is 5.91. The molecule has 0 saturated carbocycles. The van der Waals surface area contributed by atoms with Gasteiger partial charge in [-0.05, 0) is 42.0 Å². The van der Waals surface area contributed by atoms with Crippen LogP contribution in [0.25, 0.3) is 6.08 Å². The molecule has 1 aliphatic rings. The van der Waals surface area contributed by atoms with Gasteiger partial charge in [0.1, 0.15) is 40.3 Å². The summed E-state index contributed by atoms with van der Waals surface area (Å²) >= 11 is 0. The number of alkyl halides is 2. The van der Waals surface area contributed by atoms with Gasteiger partial charge < -0.3 is 9.47 Å². The van der Waals surface area contributed by atoms with Gasteiger partial charge in [-0.15, -0.1) is 0 Å². The minimum atomic E-state index is -4.65. The first kappa shape index (κ1) is 24.4. The second kappa shape index (κ2) is 9.13. The highest BCUT2D eigenvalue weighted by Crippen LogP contribution is 2.37. The standard InChI is InChI=1S/C26H18F6O3/c1-3-19-20(27)11-18(12-21(19)28)35-26(31,32)24-22(29)9-17(10-23(24)30)34-25(33)15-5-4-14-6-13(2)7-16(14)8-15/h3-5,8-13H,1,6-7H2,2H3. The van der Waals surface area contributed by atoms with Gasteiger partial charge in [-0.25, -0.2) is 22.4 Å². The summed E-state index contributed by atoms with van der Waals surface area (Å²) < 4.78 is 95.0. The van der Waals surface area contributed by atoms with Crippen molar-refractivity contribution in [1.29, 1.82) is 0 Å². The summed E-state index contributed by atoms with van der Waals surface area (Å²) in [5.41, 5.74) is -0.204. The molecule has 0 radical (unpaired) electrons. The third-order valence-electron chi connectivity index (χ3n) is 5.60. The van der Waals surface area contributed by atoms with Crippen molar-refractivity contribution in [3.8, 4) is 11.5 Å². The molecule has 182 valence electrons. The first-order valence-electron chi connectivity index (χ1n) is 10.5. The van der Waals surface area contributed by atoms with Crippen LogP contribution in [0.15, 0.2) is 49.0 Å². The number of fused-ring (bicyclic) bond motifs is 1. The molecule has 3 aromatic rings. The van der Waals surface area contributed by atoms with Crippen molar-refractivity contribution in [1.82, 2.24) is 0 Å². The van der Waals surface area contributed by atoms with Gasteiger partial charge >= 0.3 is 12.1 Å². The lowest BCUT2D eigenvalue weighted by Crippen LogP contribution is -2.25. The zero-order valence-electron chi connectivity index (χ0n) is 18.3. The molecule has 35 heavy (non-hydrogen) atoms. The molecule has 0 bridgehead atoms. The van der Waals surface area contributed by atoms with Gasteiger partial charge in [0, 0.05) is 29.8 Å². The molecule has 0 heterocycles. The molecular weight excluding hydrogens is 474 g/mol. The van der Waals surface area contributed by atoms with Crippen molar-refractivity contribution in [2.75, 3.05) is 0 Å². The summed E-state index contributed by atoms with van der Waals surface area (Å²) in [6, 6.07) is 6.55. The number of hydrogen-bond donors (Lipinski definition) is 0.